The third-order valence-corrected chi connectivity index (χ3v) is 7.34. The first kappa shape index (κ1) is 17.1. The molecule has 0 aromatic heterocycles. The number of nitrogens with zero attached hydrogens (tertiary/aromatic N) is 1. The van der Waals surface area contributed by atoms with Crippen molar-refractivity contribution >= 4 is 12.0 Å². The fourth-order valence-corrected chi connectivity index (χ4v) is 5.24. The van der Waals surface area contributed by atoms with Crippen LogP contribution < -0.4 is 5.32 Å². The number of alkyl carbamates (subject to hydrolysis) is 1. The van der Waals surface area contributed by atoms with Crippen LogP contribution in [0.4, 0.5) is 4.79 Å². The Hall–Kier alpha value is -2.04. The molecule has 1 aromatic rings. The number of rotatable bonds is 4. The molecule has 5 rings (SSSR count). The van der Waals surface area contributed by atoms with E-state index >= 15 is 0 Å². The molecule has 4 fully saturated rings. The van der Waals surface area contributed by atoms with Gasteiger partial charge in [0.25, 0.3) is 0 Å². The fourth-order valence-electron chi connectivity index (χ4n) is 5.24. The summed E-state index contributed by atoms with van der Waals surface area (Å²) >= 11 is 0. The Labute approximate surface area is 161 Å². The number of fused-ring (bicyclic) bond motifs is 1. The molecule has 27 heavy (non-hydrogen) atoms. The Balaban J connectivity index is 0.00000192. The minimum absolute atomic E-state index is 0. The molecule has 0 radical (unpaired) electrons. The summed E-state index contributed by atoms with van der Waals surface area (Å²) in [5.41, 5.74) is 3.31. The number of hydrogen-bond acceptors (Lipinski definition) is 3. The highest BCUT2D eigenvalue weighted by Crippen LogP contribution is 2.59. The van der Waals surface area contributed by atoms with E-state index in [1.54, 1.807) is 0 Å². The van der Waals surface area contributed by atoms with Crippen LogP contribution in [0.15, 0.2) is 24.3 Å². The van der Waals surface area contributed by atoms with Gasteiger partial charge in [0.2, 0.25) is 5.91 Å². The first-order chi connectivity index (χ1) is 13.1. The van der Waals surface area contributed by atoms with E-state index in [-0.39, 0.29) is 19.3 Å². The lowest BCUT2D eigenvalue weighted by atomic mass is 9.78. The van der Waals surface area contributed by atoms with Crippen molar-refractivity contribution in [2.75, 3.05) is 20.2 Å². The third-order valence-electron chi connectivity index (χ3n) is 7.34. The maximum atomic E-state index is 12.8. The number of nitrogens with one attached hydrogen (secondary N) is 1. The van der Waals surface area contributed by atoms with E-state index in [0.29, 0.717) is 11.3 Å². The number of likely N-dealkylation sites (tertiary alicyclic amines) is 1. The van der Waals surface area contributed by atoms with Crippen LogP contribution >= 0.6 is 0 Å². The van der Waals surface area contributed by atoms with Gasteiger partial charge >= 0.3 is 6.09 Å². The smallest absolute Gasteiger partial charge is 0.407 e. The van der Waals surface area contributed by atoms with Crippen LogP contribution in [0.1, 0.15) is 57.0 Å². The second-order valence-corrected chi connectivity index (χ2v) is 8.99. The van der Waals surface area contributed by atoms with E-state index in [4.69, 9.17) is 0 Å². The highest BCUT2D eigenvalue weighted by Gasteiger charge is 2.58. The van der Waals surface area contributed by atoms with E-state index in [1.165, 1.54) is 37.5 Å². The molecule has 2 atom stereocenters. The molecule has 2 amide bonds. The number of benzene rings is 1. The van der Waals surface area contributed by atoms with E-state index in [9.17, 15) is 9.59 Å². The molecule has 1 heterocycles. The molecule has 4 aliphatic rings. The minimum atomic E-state index is -0.403. The third kappa shape index (κ3) is 3.01. The summed E-state index contributed by atoms with van der Waals surface area (Å²) < 4.78 is 4.62. The number of methoxy groups -OCH3 is 1. The molecule has 1 N–H and O–H groups in total. The summed E-state index contributed by atoms with van der Waals surface area (Å²) in [6.07, 6.45) is 6.08. The summed E-state index contributed by atoms with van der Waals surface area (Å²) in [5, 5.41) is 2.78. The summed E-state index contributed by atoms with van der Waals surface area (Å²) in [6.45, 7) is 1.76. The first-order valence-corrected chi connectivity index (χ1v) is 10.3. The van der Waals surface area contributed by atoms with Gasteiger partial charge in [-0.1, -0.05) is 24.3 Å². The van der Waals surface area contributed by atoms with Gasteiger partial charge in [0, 0.05) is 31.9 Å². The molecule has 3 saturated carbocycles. The van der Waals surface area contributed by atoms with Crippen molar-refractivity contribution in [1.29, 1.82) is 0 Å². The Morgan fingerprint density at radius 1 is 1.22 bits per heavy atom. The maximum Gasteiger partial charge on any atom is 0.407 e. The SMILES string of the molecule is COC(=O)NC1CC(C(=O)N2CCC3(c4ccc(C5CC5)cc4)CC3C2)C1.[HH]. The fraction of sp³-hybridized carbons (Fsp3) is 0.636. The van der Waals surface area contributed by atoms with Crippen molar-refractivity contribution in [3.05, 3.63) is 35.4 Å². The molecule has 146 valence electrons. The van der Waals surface area contributed by atoms with Crippen LogP contribution in [0.2, 0.25) is 0 Å². The average molecular weight is 370 g/mol. The quantitative estimate of drug-likeness (QED) is 0.883. The number of carbonyl (C=O) groups is 2. The molecule has 1 aliphatic heterocycles. The Kier molecular flexibility index (Phi) is 3.95. The predicted octanol–water partition coefficient (Wildman–Crippen LogP) is 3.43. The minimum Gasteiger partial charge on any atom is -0.453 e. The maximum absolute atomic E-state index is 12.8. The molecule has 0 bridgehead atoms. The summed E-state index contributed by atoms with van der Waals surface area (Å²) in [4.78, 5) is 26.1. The molecule has 5 nitrogen and oxygen atoms in total. The molecular weight excluding hydrogens is 340 g/mol. The number of piperidine rings is 1. The van der Waals surface area contributed by atoms with Crippen LogP contribution in [0.3, 0.4) is 0 Å². The molecule has 3 aliphatic carbocycles. The Morgan fingerprint density at radius 3 is 2.59 bits per heavy atom. The van der Waals surface area contributed by atoms with E-state index < -0.39 is 6.09 Å². The van der Waals surface area contributed by atoms with Crippen molar-refractivity contribution in [2.24, 2.45) is 11.8 Å². The van der Waals surface area contributed by atoms with Crippen molar-refractivity contribution in [3.8, 4) is 0 Å². The average Bonchev–Trinajstić information content (AvgIpc) is 3.56. The van der Waals surface area contributed by atoms with Crippen molar-refractivity contribution < 1.29 is 15.8 Å². The second-order valence-electron chi connectivity index (χ2n) is 8.99. The summed E-state index contributed by atoms with van der Waals surface area (Å²) in [5.74, 6) is 1.77. The van der Waals surface area contributed by atoms with Gasteiger partial charge in [0.05, 0.1) is 7.11 Å². The second kappa shape index (κ2) is 6.25. The van der Waals surface area contributed by atoms with Gasteiger partial charge in [-0.3, -0.25) is 4.79 Å². The van der Waals surface area contributed by atoms with Crippen LogP contribution in [0, 0.1) is 11.8 Å². The highest BCUT2D eigenvalue weighted by atomic mass is 16.5. The lowest BCUT2D eigenvalue weighted by molar-refractivity contribution is -0.140. The van der Waals surface area contributed by atoms with E-state index in [2.05, 4.69) is 39.2 Å². The Morgan fingerprint density at radius 2 is 1.96 bits per heavy atom. The van der Waals surface area contributed by atoms with E-state index in [0.717, 1.165) is 38.3 Å². The molecule has 1 aromatic carbocycles. The molecule has 5 heteroatoms. The van der Waals surface area contributed by atoms with Gasteiger partial charge in [-0.15, -0.1) is 0 Å². The number of hydrogen-bond donors (Lipinski definition) is 1. The molecule has 0 spiro atoms. The van der Waals surface area contributed by atoms with Crippen LogP contribution in [-0.2, 0) is 14.9 Å². The molecule has 2 unspecified atom stereocenters. The number of ether oxygens (including phenoxy) is 1. The van der Waals surface area contributed by atoms with Crippen molar-refractivity contribution in [2.45, 2.75) is 55.9 Å². The molecule has 1 saturated heterocycles. The monoisotopic (exact) mass is 370 g/mol. The number of amides is 2. The summed E-state index contributed by atoms with van der Waals surface area (Å²) in [7, 11) is 1.37. The lowest BCUT2D eigenvalue weighted by Crippen LogP contribution is -2.52. The largest absolute Gasteiger partial charge is 0.453 e. The van der Waals surface area contributed by atoms with Gasteiger partial charge in [0.1, 0.15) is 0 Å². The predicted molar refractivity (Wildman–Crippen MR) is 104 cm³/mol. The molecular formula is C22H30N2O3. The van der Waals surface area contributed by atoms with Crippen LogP contribution in [0.5, 0.6) is 0 Å². The van der Waals surface area contributed by atoms with Gasteiger partial charge in [0.15, 0.2) is 0 Å². The van der Waals surface area contributed by atoms with Gasteiger partial charge < -0.3 is 15.0 Å². The zero-order valence-corrected chi connectivity index (χ0v) is 15.9. The highest BCUT2D eigenvalue weighted by molar-refractivity contribution is 5.80. The normalized spacial score (nSPS) is 34.3. The van der Waals surface area contributed by atoms with Gasteiger partial charge in [-0.25, -0.2) is 4.79 Å². The standard InChI is InChI=1S/C22H28N2O3.H2/c1-27-21(26)23-19-10-16(11-19)20(25)24-9-8-22(12-18(22)13-24)17-6-4-15(5-7-17)14-2-3-14;/h4-7,14,16,18-19H,2-3,8-13H2,1H3,(H,23,26);1H. The van der Waals surface area contributed by atoms with Gasteiger partial charge in [-0.2, -0.15) is 0 Å². The Bertz CT molecular complexity index is 758. The first-order valence-electron chi connectivity index (χ1n) is 10.3. The van der Waals surface area contributed by atoms with E-state index in [1.807, 2.05) is 0 Å². The zero-order valence-electron chi connectivity index (χ0n) is 15.9. The zero-order chi connectivity index (χ0) is 18.6. The van der Waals surface area contributed by atoms with Crippen LogP contribution in [-0.4, -0.2) is 43.1 Å². The van der Waals surface area contributed by atoms with Crippen molar-refractivity contribution in [1.82, 2.24) is 10.2 Å². The van der Waals surface area contributed by atoms with Crippen molar-refractivity contribution in [3.63, 3.8) is 0 Å². The topological polar surface area (TPSA) is 58.6 Å². The summed E-state index contributed by atoms with van der Waals surface area (Å²) in [6, 6.07) is 9.44. The van der Waals surface area contributed by atoms with Crippen LogP contribution in [0.25, 0.3) is 0 Å². The number of carbonyl (C=O) groups excluding carboxylic acids is 2. The lowest BCUT2D eigenvalue weighted by Gasteiger charge is -2.40. The van der Waals surface area contributed by atoms with Gasteiger partial charge in [-0.05, 0) is 61.5 Å².